The highest BCUT2D eigenvalue weighted by Crippen LogP contribution is 2.17. The van der Waals surface area contributed by atoms with E-state index in [1.165, 1.54) is 6.33 Å². The van der Waals surface area contributed by atoms with E-state index in [0.29, 0.717) is 12.3 Å². The molecular formula is C20H14F2N4O2. The Hall–Kier alpha value is -3.86. The number of carbonyl (C=O) groups excluding carboxylic acids is 1. The number of hydrogen-bond donors (Lipinski definition) is 1. The van der Waals surface area contributed by atoms with E-state index in [9.17, 15) is 13.6 Å². The molecule has 1 aliphatic rings. The molecule has 28 heavy (non-hydrogen) atoms. The molecule has 3 aromatic rings. The molecule has 1 N–H and O–H groups in total. The summed E-state index contributed by atoms with van der Waals surface area (Å²) in [5.74, 6) is 5.09. The maximum absolute atomic E-state index is 11.9. The van der Waals surface area contributed by atoms with Crippen molar-refractivity contribution in [2.24, 2.45) is 0 Å². The molecule has 4 rings (SSSR count). The van der Waals surface area contributed by atoms with Crippen molar-refractivity contribution in [3.63, 3.8) is 0 Å². The Labute approximate surface area is 159 Å². The second-order valence-corrected chi connectivity index (χ2v) is 5.58. The Bertz CT molecular complexity index is 981. The van der Waals surface area contributed by atoms with Crippen LogP contribution in [0.5, 0.6) is 0 Å². The smallest absolute Gasteiger partial charge is 0.407 e. The van der Waals surface area contributed by atoms with Crippen LogP contribution in [0.4, 0.5) is 13.6 Å². The summed E-state index contributed by atoms with van der Waals surface area (Å²) in [5, 5.41) is 2.70. The van der Waals surface area contributed by atoms with Gasteiger partial charge >= 0.3 is 6.09 Å². The lowest BCUT2D eigenvalue weighted by Gasteiger charge is -2.06. The van der Waals surface area contributed by atoms with E-state index in [1.54, 1.807) is 24.7 Å². The Morgan fingerprint density at radius 2 is 1.79 bits per heavy atom. The summed E-state index contributed by atoms with van der Waals surface area (Å²) in [7, 11) is 0. The van der Waals surface area contributed by atoms with Crippen molar-refractivity contribution >= 4 is 6.09 Å². The highest BCUT2D eigenvalue weighted by Gasteiger charge is 2.23. The molecule has 0 bridgehead atoms. The lowest BCUT2D eigenvalue weighted by molar-refractivity contribution is 0.177. The zero-order chi connectivity index (χ0) is 19.8. The Morgan fingerprint density at radius 3 is 2.39 bits per heavy atom. The number of pyridine rings is 1. The van der Waals surface area contributed by atoms with Gasteiger partial charge in [-0.25, -0.2) is 23.5 Å². The molecule has 8 heteroatoms. The van der Waals surface area contributed by atoms with E-state index < -0.39 is 17.7 Å². The molecule has 6 nitrogen and oxygen atoms in total. The van der Waals surface area contributed by atoms with Crippen molar-refractivity contribution in [2.45, 2.75) is 6.04 Å². The predicted octanol–water partition coefficient (Wildman–Crippen LogP) is 3.02. The molecule has 1 saturated heterocycles. The highest BCUT2D eigenvalue weighted by molar-refractivity contribution is 5.70. The van der Waals surface area contributed by atoms with Crippen molar-refractivity contribution in [3.8, 4) is 11.8 Å². The standard InChI is InChI=1S/C14H10N4O2.C6H4F2/c19-14-18-13(8-20-14)11-5-10(6-16-7-11)1-2-12-3-4-15-9-17-12;7-5-1-2-6(8)4-3-5/h3-7,9,13H,8H2,(H,18,19);1-4H. The monoisotopic (exact) mass is 380 g/mol. The number of nitrogens with one attached hydrogen (secondary N) is 1. The van der Waals surface area contributed by atoms with Crippen LogP contribution in [-0.2, 0) is 4.74 Å². The molecular weight excluding hydrogens is 366 g/mol. The zero-order valence-electron chi connectivity index (χ0n) is 14.5. The second kappa shape index (κ2) is 9.19. The van der Waals surface area contributed by atoms with Crippen LogP contribution >= 0.6 is 0 Å². The minimum atomic E-state index is -0.411. The van der Waals surface area contributed by atoms with Gasteiger partial charge in [-0.1, -0.05) is 5.92 Å². The van der Waals surface area contributed by atoms with Crippen LogP contribution in [-0.4, -0.2) is 27.7 Å². The number of alkyl carbamates (subject to hydrolysis) is 1. The number of carbonyl (C=O) groups is 1. The maximum atomic E-state index is 11.9. The van der Waals surface area contributed by atoms with Crippen LogP contribution in [0.15, 0.2) is 61.3 Å². The molecule has 1 fully saturated rings. The van der Waals surface area contributed by atoms with Gasteiger partial charge in [0.25, 0.3) is 0 Å². The number of hydrogen-bond acceptors (Lipinski definition) is 5. The number of rotatable bonds is 1. The van der Waals surface area contributed by atoms with Gasteiger partial charge in [-0.05, 0) is 47.9 Å². The quantitative estimate of drug-likeness (QED) is 0.657. The zero-order valence-corrected chi connectivity index (χ0v) is 14.5. The molecule has 0 saturated carbocycles. The lowest BCUT2D eigenvalue weighted by atomic mass is 10.1. The Kier molecular flexibility index (Phi) is 6.21. The normalized spacial score (nSPS) is 14.6. The fourth-order valence-electron chi connectivity index (χ4n) is 2.21. The van der Waals surface area contributed by atoms with Crippen LogP contribution < -0.4 is 5.32 Å². The molecule has 1 amide bonds. The van der Waals surface area contributed by atoms with E-state index in [4.69, 9.17) is 4.74 Å². The van der Waals surface area contributed by atoms with Crippen LogP contribution in [0, 0.1) is 23.5 Å². The van der Waals surface area contributed by atoms with E-state index >= 15 is 0 Å². The molecule has 1 atom stereocenters. The molecule has 1 unspecified atom stereocenters. The first-order chi connectivity index (χ1) is 13.6. The number of aromatic nitrogens is 3. The summed E-state index contributed by atoms with van der Waals surface area (Å²) in [6.07, 6.45) is 6.03. The third-order valence-electron chi connectivity index (χ3n) is 3.56. The van der Waals surface area contributed by atoms with Gasteiger partial charge in [0.05, 0.1) is 6.04 Å². The van der Waals surface area contributed by atoms with Crippen molar-refractivity contribution in [2.75, 3.05) is 6.61 Å². The molecule has 0 radical (unpaired) electrons. The second-order valence-electron chi connectivity index (χ2n) is 5.58. The number of cyclic esters (lactones) is 1. The van der Waals surface area contributed by atoms with Crippen molar-refractivity contribution < 1.29 is 18.3 Å². The lowest BCUT2D eigenvalue weighted by Crippen LogP contribution is -2.18. The van der Waals surface area contributed by atoms with Gasteiger partial charge in [0.2, 0.25) is 0 Å². The number of benzene rings is 1. The minimum absolute atomic E-state index is 0.171. The van der Waals surface area contributed by atoms with E-state index in [-0.39, 0.29) is 6.04 Å². The molecule has 2 aromatic heterocycles. The van der Waals surface area contributed by atoms with Gasteiger partial charge in [0.1, 0.15) is 30.3 Å². The Balaban J connectivity index is 0.000000236. The maximum Gasteiger partial charge on any atom is 0.407 e. The molecule has 140 valence electrons. The van der Waals surface area contributed by atoms with Gasteiger partial charge in [0, 0.05) is 24.2 Å². The van der Waals surface area contributed by atoms with Gasteiger partial charge < -0.3 is 10.1 Å². The summed E-state index contributed by atoms with van der Waals surface area (Å²) in [5.41, 5.74) is 2.26. The minimum Gasteiger partial charge on any atom is -0.447 e. The van der Waals surface area contributed by atoms with Crippen LogP contribution in [0.3, 0.4) is 0 Å². The van der Waals surface area contributed by atoms with E-state index in [1.807, 2.05) is 6.07 Å². The van der Waals surface area contributed by atoms with Crippen LogP contribution in [0.1, 0.15) is 22.9 Å². The van der Waals surface area contributed by atoms with Crippen molar-refractivity contribution in [1.82, 2.24) is 20.3 Å². The average Bonchev–Trinajstić information content (AvgIpc) is 3.17. The summed E-state index contributed by atoms with van der Waals surface area (Å²) in [6.45, 7) is 0.309. The van der Waals surface area contributed by atoms with Crippen molar-refractivity contribution in [3.05, 3.63) is 89.8 Å². The first-order valence-electron chi connectivity index (χ1n) is 8.17. The van der Waals surface area contributed by atoms with Gasteiger partial charge in [-0.15, -0.1) is 0 Å². The summed E-state index contributed by atoms with van der Waals surface area (Å²) in [6, 6.07) is 7.75. The number of halogens is 2. The topological polar surface area (TPSA) is 77.0 Å². The molecule has 0 spiro atoms. The first kappa shape index (κ1) is 18.9. The van der Waals surface area contributed by atoms with Gasteiger partial charge in [-0.3, -0.25) is 4.98 Å². The van der Waals surface area contributed by atoms with E-state index in [0.717, 1.165) is 35.4 Å². The largest absolute Gasteiger partial charge is 0.447 e. The number of amides is 1. The first-order valence-corrected chi connectivity index (χ1v) is 8.17. The SMILES string of the molecule is Fc1ccc(F)cc1.O=C1NC(c2cncc(C#Cc3ccncn3)c2)CO1. The third kappa shape index (κ3) is 5.57. The van der Waals surface area contributed by atoms with Crippen LogP contribution in [0.25, 0.3) is 0 Å². The Morgan fingerprint density at radius 1 is 1.04 bits per heavy atom. The van der Waals surface area contributed by atoms with Crippen LogP contribution in [0.2, 0.25) is 0 Å². The fraction of sp³-hybridized carbons (Fsp3) is 0.100. The third-order valence-corrected chi connectivity index (χ3v) is 3.56. The molecule has 1 aromatic carbocycles. The molecule has 3 heterocycles. The number of nitrogens with zero attached hydrogens (tertiary/aromatic N) is 3. The van der Waals surface area contributed by atoms with Gasteiger partial charge in [0.15, 0.2) is 0 Å². The summed E-state index contributed by atoms with van der Waals surface area (Å²) < 4.78 is 28.7. The number of ether oxygens (including phenoxy) is 1. The van der Waals surface area contributed by atoms with Gasteiger partial charge in [-0.2, -0.15) is 0 Å². The van der Waals surface area contributed by atoms with E-state index in [2.05, 4.69) is 32.1 Å². The summed E-state index contributed by atoms with van der Waals surface area (Å²) >= 11 is 0. The van der Waals surface area contributed by atoms with Crippen molar-refractivity contribution in [1.29, 1.82) is 0 Å². The fourth-order valence-corrected chi connectivity index (χ4v) is 2.21. The highest BCUT2D eigenvalue weighted by atomic mass is 19.1. The summed E-state index contributed by atoms with van der Waals surface area (Å²) in [4.78, 5) is 23.0. The molecule has 1 aliphatic heterocycles. The predicted molar refractivity (Wildman–Crippen MR) is 95.8 cm³/mol. The molecule has 0 aliphatic carbocycles. The average molecular weight is 380 g/mol.